The Kier molecular flexibility index (Phi) is 10.4. The van der Waals surface area contributed by atoms with Crippen molar-refractivity contribution in [2.45, 2.75) is 85.6 Å². The number of ether oxygens (including phenoxy) is 4. The van der Waals surface area contributed by atoms with Crippen molar-refractivity contribution in [2.75, 3.05) is 7.11 Å². The number of aromatic nitrogens is 2. The first kappa shape index (κ1) is 37.5. The molecule has 0 radical (unpaired) electrons. The van der Waals surface area contributed by atoms with E-state index in [4.69, 9.17) is 18.9 Å². The zero-order chi connectivity index (χ0) is 37.7. The van der Waals surface area contributed by atoms with Crippen molar-refractivity contribution in [3.8, 4) is 11.5 Å². The molecule has 1 aromatic heterocycles. The summed E-state index contributed by atoms with van der Waals surface area (Å²) in [4.78, 5) is 62.9. The van der Waals surface area contributed by atoms with E-state index in [9.17, 15) is 34.5 Å². The smallest absolute Gasteiger partial charge is 0.312 e. The lowest BCUT2D eigenvalue weighted by atomic mass is 9.78. The fourth-order valence-corrected chi connectivity index (χ4v) is 7.05. The van der Waals surface area contributed by atoms with Gasteiger partial charge in [-0.1, -0.05) is 45.9 Å². The highest BCUT2D eigenvalue weighted by Gasteiger charge is 2.52. The number of aliphatic hydroxyl groups excluding tert-OH is 2. The minimum atomic E-state index is -2.01. The Labute approximate surface area is 296 Å². The predicted molar refractivity (Wildman–Crippen MR) is 183 cm³/mol. The van der Waals surface area contributed by atoms with Crippen LogP contribution in [0, 0.1) is 30.6 Å². The second-order valence-corrected chi connectivity index (χ2v) is 13.8. The van der Waals surface area contributed by atoms with E-state index in [1.54, 1.807) is 52.8 Å². The first-order valence-corrected chi connectivity index (χ1v) is 16.8. The maximum atomic E-state index is 14.0. The van der Waals surface area contributed by atoms with Crippen molar-refractivity contribution in [2.24, 2.45) is 23.7 Å². The van der Waals surface area contributed by atoms with Crippen LogP contribution >= 0.6 is 0 Å². The Hall–Kier alpha value is -4.72. The van der Waals surface area contributed by atoms with Crippen LogP contribution in [0.4, 0.5) is 0 Å². The number of aliphatic hydroxyl groups is 2. The molecule has 6 rings (SSSR count). The van der Waals surface area contributed by atoms with Crippen molar-refractivity contribution < 1.29 is 53.4 Å². The second kappa shape index (κ2) is 14.1. The molecule has 4 aliphatic rings. The summed E-state index contributed by atoms with van der Waals surface area (Å²) >= 11 is 0. The average molecular weight is 705 g/mol. The number of benzene rings is 1. The number of phenols is 1. The average Bonchev–Trinajstić information content (AvgIpc) is 3.36. The van der Waals surface area contributed by atoms with Crippen molar-refractivity contribution >= 4 is 28.9 Å². The number of rotatable bonds is 2. The highest BCUT2D eigenvalue weighted by atomic mass is 16.7. The third kappa shape index (κ3) is 6.49. The molecule has 1 aliphatic carbocycles. The van der Waals surface area contributed by atoms with Crippen LogP contribution in [0.5, 0.6) is 11.5 Å². The van der Waals surface area contributed by atoms with E-state index in [0.717, 1.165) is 0 Å². The minimum Gasteiger partial charge on any atom is -0.507 e. The number of Topliss-reactive ketones (excluding diaryl/α,β-unsaturated/α-hetero) is 1. The number of aromatic hydroxyl groups is 1. The lowest BCUT2D eigenvalue weighted by Gasteiger charge is -2.38. The zero-order valence-corrected chi connectivity index (χ0v) is 30.1. The molecule has 1 aromatic carbocycles. The van der Waals surface area contributed by atoms with Gasteiger partial charge in [-0.25, -0.2) is 9.97 Å². The van der Waals surface area contributed by atoms with Crippen LogP contribution in [-0.4, -0.2) is 85.9 Å². The minimum absolute atomic E-state index is 0.0599. The topological polar surface area (TPSA) is 192 Å². The molecule has 7 bridgehead atoms. The Morgan fingerprint density at radius 2 is 1.63 bits per heavy atom. The van der Waals surface area contributed by atoms with Gasteiger partial charge in [-0.3, -0.25) is 19.2 Å². The van der Waals surface area contributed by atoms with Crippen molar-refractivity contribution in [3.63, 3.8) is 0 Å². The summed E-state index contributed by atoms with van der Waals surface area (Å²) in [5, 5.41) is 33.9. The van der Waals surface area contributed by atoms with Gasteiger partial charge in [-0.05, 0) is 25.5 Å². The van der Waals surface area contributed by atoms with Crippen LogP contribution in [-0.2, 0) is 19.0 Å². The Morgan fingerprint density at radius 1 is 0.941 bits per heavy atom. The number of nitrogens with zero attached hydrogens (tertiary/aromatic N) is 2. The lowest BCUT2D eigenvalue weighted by Crippen LogP contribution is -2.46. The number of esters is 1. The zero-order valence-electron chi connectivity index (χ0n) is 30.1. The van der Waals surface area contributed by atoms with Gasteiger partial charge in [0.1, 0.15) is 23.3 Å². The molecule has 272 valence electrons. The maximum Gasteiger partial charge on any atom is 0.312 e. The molecule has 51 heavy (non-hydrogen) atoms. The van der Waals surface area contributed by atoms with E-state index in [-0.39, 0.29) is 45.1 Å². The van der Waals surface area contributed by atoms with Crippen LogP contribution < -0.4 is 4.74 Å². The van der Waals surface area contributed by atoms with Crippen molar-refractivity contribution in [1.82, 2.24) is 9.97 Å². The van der Waals surface area contributed by atoms with Gasteiger partial charge in [-0.2, -0.15) is 0 Å². The lowest BCUT2D eigenvalue weighted by molar-refractivity contribution is -0.160. The van der Waals surface area contributed by atoms with Gasteiger partial charge in [0.15, 0.2) is 11.6 Å². The van der Waals surface area contributed by atoms with Crippen LogP contribution in [0.3, 0.4) is 0 Å². The molecule has 13 nitrogen and oxygen atoms in total. The van der Waals surface area contributed by atoms with Gasteiger partial charge in [0.05, 0.1) is 46.8 Å². The molecule has 3 aliphatic heterocycles. The summed E-state index contributed by atoms with van der Waals surface area (Å²) in [6.07, 6.45) is 5.28. The van der Waals surface area contributed by atoms with Gasteiger partial charge in [-0.15, -0.1) is 0 Å². The summed E-state index contributed by atoms with van der Waals surface area (Å²) in [7, 11) is 1.43. The first-order valence-electron chi connectivity index (χ1n) is 16.8. The van der Waals surface area contributed by atoms with E-state index in [1.165, 1.54) is 46.4 Å². The second-order valence-electron chi connectivity index (χ2n) is 13.8. The first-order chi connectivity index (χ1) is 23.9. The number of methoxy groups -OCH3 is 1. The normalized spacial score (nSPS) is 31.0. The standard InChI is InChI=1S/C38H44N2O11/c1-16-11-10-12-17(2)37-39-15-23-28(40-37)33(46)26-25(32(23)45)27-35(21(6)31(26)44)51-38(8,36(27)47)49-14-13-24(48-9)18(3)34(50-22(7)41)20(5)30(43)19(4)29(16)42/h10-16,18-20,24,29-30,34,42-44H,1-9H3. The third-order valence-corrected chi connectivity index (χ3v) is 10.3. The molecule has 13 heteroatoms. The molecule has 2 aromatic rings. The molecular formula is C38H44N2O11. The van der Waals surface area contributed by atoms with Crippen molar-refractivity contribution in [1.29, 1.82) is 0 Å². The molecule has 3 N–H and O–H groups in total. The van der Waals surface area contributed by atoms with E-state index < -0.39 is 82.9 Å². The number of hydrogen-bond acceptors (Lipinski definition) is 13. The summed E-state index contributed by atoms with van der Waals surface area (Å²) in [6, 6.07) is 0. The van der Waals surface area contributed by atoms with Crippen LogP contribution in [0.25, 0.3) is 5.57 Å². The largest absolute Gasteiger partial charge is 0.507 e. The van der Waals surface area contributed by atoms with Crippen LogP contribution in [0.2, 0.25) is 0 Å². The fraction of sp³-hybridized carbons (Fsp3) is 0.474. The molecular weight excluding hydrogens is 660 g/mol. The SMILES string of the molecule is COC1C=COC2(C)Oc3c(C)c(O)c4c(c3C2=O)C(=O)c2cnc(nc2C4=O)C(C)=CC=CC(C)C(O)C(C)C(O)C(C)C(OC(C)=O)C1C. The Balaban J connectivity index is 1.65. The van der Waals surface area contributed by atoms with E-state index in [1.807, 2.05) is 0 Å². The molecule has 0 saturated heterocycles. The molecule has 0 saturated carbocycles. The number of carbonyl (C=O) groups is 4. The number of hydrogen-bond donors (Lipinski definition) is 3. The summed E-state index contributed by atoms with van der Waals surface area (Å²) in [6.45, 7) is 12.8. The van der Waals surface area contributed by atoms with Crippen molar-refractivity contribution in [3.05, 3.63) is 76.1 Å². The van der Waals surface area contributed by atoms with Gasteiger partial charge in [0, 0.05) is 56.4 Å². The Morgan fingerprint density at radius 3 is 2.27 bits per heavy atom. The molecule has 0 spiro atoms. The number of phenolic OH excluding ortho intramolecular Hbond substituents is 1. The number of allylic oxidation sites excluding steroid dienone is 3. The van der Waals surface area contributed by atoms with Crippen LogP contribution in [0.1, 0.15) is 102 Å². The highest BCUT2D eigenvalue weighted by molar-refractivity contribution is 6.32. The number of ketones is 3. The summed E-state index contributed by atoms with van der Waals surface area (Å²) in [5.74, 6) is -7.61. The van der Waals surface area contributed by atoms with Gasteiger partial charge in [0.2, 0.25) is 5.78 Å². The Bertz CT molecular complexity index is 1880. The molecule has 4 heterocycles. The number of carbonyl (C=O) groups excluding carboxylic acids is 4. The van der Waals surface area contributed by atoms with Gasteiger partial charge >= 0.3 is 11.8 Å². The van der Waals surface area contributed by atoms with Gasteiger partial charge < -0.3 is 34.3 Å². The fourth-order valence-electron chi connectivity index (χ4n) is 7.05. The van der Waals surface area contributed by atoms with E-state index in [2.05, 4.69) is 9.97 Å². The molecule has 0 fully saturated rings. The van der Waals surface area contributed by atoms with Gasteiger partial charge in [0.25, 0.3) is 5.78 Å². The third-order valence-electron chi connectivity index (χ3n) is 10.3. The maximum absolute atomic E-state index is 14.0. The van der Waals surface area contributed by atoms with E-state index in [0.29, 0.717) is 5.57 Å². The summed E-state index contributed by atoms with van der Waals surface area (Å²) in [5.41, 5.74) is -0.667. The quantitative estimate of drug-likeness (QED) is 0.321. The summed E-state index contributed by atoms with van der Waals surface area (Å²) < 4.78 is 23.3. The predicted octanol–water partition coefficient (Wildman–Crippen LogP) is 4.27. The molecule has 9 atom stereocenters. The monoisotopic (exact) mass is 704 g/mol. The van der Waals surface area contributed by atoms with Crippen LogP contribution in [0.15, 0.2) is 36.8 Å². The number of fused-ring (bicyclic) bond motifs is 12. The van der Waals surface area contributed by atoms with E-state index >= 15 is 0 Å². The molecule has 9 unspecified atom stereocenters. The highest BCUT2D eigenvalue weighted by Crippen LogP contribution is 2.48. The molecule has 0 amide bonds.